The van der Waals surface area contributed by atoms with Gasteiger partial charge in [0.1, 0.15) is 11.6 Å². The first kappa shape index (κ1) is 22.1. The monoisotopic (exact) mass is 483 g/mol. The Labute approximate surface area is 187 Å². The van der Waals surface area contributed by atoms with E-state index in [2.05, 4.69) is 21.2 Å². The van der Waals surface area contributed by atoms with E-state index >= 15 is 0 Å². The van der Waals surface area contributed by atoms with Gasteiger partial charge in [-0.3, -0.25) is 14.9 Å². The van der Waals surface area contributed by atoms with Gasteiger partial charge >= 0.3 is 6.03 Å². The highest BCUT2D eigenvalue weighted by molar-refractivity contribution is 9.10. The number of methoxy groups -OCH3 is 1. The maximum Gasteiger partial charge on any atom is 0.335 e. The van der Waals surface area contributed by atoms with Crippen LogP contribution in [0.5, 0.6) is 11.5 Å². The molecule has 3 rings (SSSR count). The minimum atomic E-state index is -0.811. The van der Waals surface area contributed by atoms with Crippen molar-refractivity contribution in [3.63, 3.8) is 0 Å². The van der Waals surface area contributed by atoms with Crippen molar-refractivity contribution >= 4 is 45.5 Å². The second kappa shape index (κ2) is 9.02. The number of barbiturate groups is 1. The molecule has 1 saturated heterocycles. The Hall–Kier alpha value is -3.64. The molecule has 31 heavy (non-hydrogen) atoms. The van der Waals surface area contributed by atoms with E-state index in [0.717, 1.165) is 16.0 Å². The van der Waals surface area contributed by atoms with E-state index in [1.54, 1.807) is 30.3 Å². The number of carbonyl (C=O) groups is 3. The number of amides is 4. The summed E-state index contributed by atoms with van der Waals surface area (Å²) in [6, 6.07) is 9.39. The number of ether oxygens (including phenoxy) is 2. The number of nitriles is 1. The lowest BCUT2D eigenvalue weighted by molar-refractivity contribution is -0.122. The quantitative estimate of drug-likeness (QED) is 0.513. The van der Waals surface area contributed by atoms with Crippen molar-refractivity contribution in [1.29, 1.82) is 5.26 Å². The summed E-state index contributed by atoms with van der Waals surface area (Å²) in [5.74, 6) is -0.910. The van der Waals surface area contributed by atoms with Crippen LogP contribution >= 0.6 is 15.9 Å². The molecular formula is C22H18BrN3O5. The molecule has 0 atom stereocenters. The van der Waals surface area contributed by atoms with Gasteiger partial charge in [0.05, 0.1) is 17.3 Å². The molecular weight excluding hydrogens is 466 g/mol. The minimum absolute atomic E-state index is 0.177. The Morgan fingerprint density at radius 2 is 1.90 bits per heavy atom. The van der Waals surface area contributed by atoms with Crippen LogP contribution in [-0.2, 0) is 9.59 Å². The molecule has 158 valence electrons. The second-order valence-corrected chi connectivity index (χ2v) is 7.56. The Bertz CT molecular complexity index is 1170. The topological polar surface area (TPSA) is 109 Å². The van der Waals surface area contributed by atoms with Gasteiger partial charge in [-0.1, -0.05) is 6.07 Å². The van der Waals surface area contributed by atoms with E-state index in [0.29, 0.717) is 27.2 Å². The van der Waals surface area contributed by atoms with Gasteiger partial charge in [-0.2, -0.15) is 5.26 Å². The number of hydrogen-bond donors (Lipinski definition) is 1. The molecule has 2 aromatic rings. The predicted octanol–water partition coefficient (Wildman–Crippen LogP) is 3.64. The number of carbonyl (C=O) groups excluding carboxylic acids is 3. The third-order valence-corrected chi connectivity index (χ3v) is 5.28. The highest BCUT2D eigenvalue weighted by Gasteiger charge is 2.37. The van der Waals surface area contributed by atoms with E-state index in [1.807, 2.05) is 19.9 Å². The van der Waals surface area contributed by atoms with Crippen molar-refractivity contribution in [2.24, 2.45) is 0 Å². The standard InChI is InChI=1S/C22H18BrN3O5/c1-12-4-5-15(8-13(12)2)26-21(28)16(20(27)25-22(26)29)9-14-10-17(23)19(31-7-6-24)18(11-14)30-3/h4-5,8-11H,7H2,1-3H3,(H,25,27,29)/b16-9+. The van der Waals surface area contributed by atoms with Crippen LogP contribution in [0.15, 0.2) is 40.4 Å². The van der Waals surface area contributed by atoms with Crippen LogP contribution in [0.2, 0.25) is 0 Å². The molecule has 0 radical (unpaired) electrons. The molecule has 4 amide bonds. The summed E-state index contributed by atoms with van der Waals surface area (Å²) in [5, 5.41) is 10.9. The zero-order chi connectivity index (χ0) is 22.7. The van der Waals surface area contributed by atoms with Crippen molar-refractivity contribution in [2.75, 3.05) is 18.6 Å². The number of imide groups is 2. The number of benzene rings is 2. The van der Waals surface area contributed by atoms with Crippen LogP contribution in [-0.4, -0.2) is 31.6 Å². The number of anilines is 1. The number of nitrogens with one attached hydrogen (secondary N) is 1. The first-order chi connectivity index (χ1) is 14.8. The van der Waals surface area contributed by atoms with Gasteiger partial charge in [0, 0.05) is 0 Å². The molecule has 0 unspecified atom stereocenters. The summed E-state index contributed by atoms with van der Waals surface area (Å²) in [6.45, 7) is 3.61. The summed E-state index contributed by atoms with van der Waals surface area (Å²) < 4.78 is 11.1. The average molecular weight is 484 g/mol. The van der Waals surface area contributed by atoms with E-state index < -0.39 is 17.8 Å². The Balaban J connectivity index is 2.03. The van der Waals surface area contributed by atoms with Crippen molar-refractivity contribution < 1.29 is 23.9 Å². The smallest absolute Gasteiger partial charge is 0.335 e. The van der Waals surface area contributed by atoms with Crippen LogP contribution in [0.3, 0.4) is 0 Å². The van der Waals surface area contributed by atoms with Crippen LogP contribution in [0.25, 0.3) is 6.08 Å². The van der Waals surface area contributed by atoms with Crippen molar-refractivity contribution in [1.82, 2.24) is 5.32 Å². The molecule has 0 aliphatic carbocycles. The lowest BCUT2D eigenvalue weighted by Gasteiger charge is -2.27. The maximum absolute atomic E-state index is 13.1. The number of halogens is 1. The van der Waals surface area contributed by atoms with Gasteiger partial charge in [-0.05, 0) is 76.8 Å². The third-order valence-electron chi connectivity index (χ3n) is 4.69. The molecule has 8 nitrogen and oxygen atoms in total. The van der Waals surface area contributed by atoms with Gasteiger partial charge in [0.25, 0.3) is 11.8 Å². The average Bonchev–Trinajstić information content (AvgIpc) is 2.72. The summed E-state index contributed by atoms with van der Waals surface area (Å²) >= 11 is 3.34. The molecule has 1 aliphatic heterocycles. The molecule has 0 bridgehead atoms. The number of hydrogen-bond acceptors (Lipinski definition) is 6. The van der Waals surface area contributed by atoms with Gasteiger partial charge in [0.2, 0.25) is 0 Å². The normalized spacial score (nSPS) is 15.0. The summed E-state index contributed by atoms with van der Waals surface area (Å²) in [7, 11) is 1.43. The van der Waals surface area contributed by atoms with E-state index in [9.17, 15) is 14.4 Å². The van der Waals surface area contributed by atoms with Crippen LogP contribution in [0, 0.1) is 25.2 Å². The first-order valence-corrected chi connectivity index (χ1v) is 9.92. The van der Waals surface area contributed by atoms with Gasteiger partial charge in [-0.15, -0.1) is 0 Å². The SMILES string of the molecule is COc1cc(/C=C2\C(=O)NC(=O)N(c3ccc(C)c(C)c3)C2=O)cc(Br)c1OCC#N. The molecule has 1 aliphatic rings. The second-order valence-electron chi connectivity index (χ2n) is 6.71. The van der Waals surface area contributed by atoms with Gasteiger partial charge in [0.15, 0.2) is 18.1 Å². The van der Waals surface area contributed by atoms with Crippen molar-refractivity contribution in [2.45, 2.75) is 13.8 Å². The molecule has 9 heteroatoms. The zero-order valence-corrected chi connectivity index (χ0v) is 18.6. The molecule has 0 aromatic heterocycles. The lowest BCUT2D eigenvalue weighted by Crippen LogP contribution is -2.54. The van der Waals surface area contributed by atoms with Crippen LogP contribution < -0.4 is 19.7 Å². The van der Waals surface area contributed by atoms with Crippen LogP contribution in [0.4, 0.5) is 10.5 Å². The van der Waals surface area contributed by atoms with E-state index in [-0.39, 0.29) is 12.2 Å². The highest BCUT2D eigenvalue weighted by Crippen LogP contribution is 2.37. The Morgan fingerprint density at radius 3 is 2.55 bits per heavy atom. The maximum atomic E-state index is 13.1. The Kier molecular flexibility index (Phi) is 6.42. The van der Waals surface area contributed by atoms with Crippen LogP contribution in [0.1, 0.15) is 16.7 Å². The number of rotatable bonds is 5. The summed E-state index contributed by atoms with van der Waals surface area (Å²) in [6.07, 6.45) is 1.36. The Morgan fingerprint density at radius 1 is 1.16 bits per heavy atom. The predicted molar refractivity (Wildman–Crippen MR) is 117 cm³/mol. The molecule has 2 aromatic carbocycles. The van der Waals surface area contributed by atoms with Crippen molar-refractivity contribution in [3.8, 4) is 17.6 Å². The van der Waals surface area contributed by atoms with E-state index in [1.165, 1.54) is 13.2 Å². The molecule has 1 heterocycles. The van der Waals surface area contributed by atoms with Gasteiger partial charge in [-0.25, -0.2) is 9.69 Å². The minimum Gasteiger partial charge on any atom is -0.493 e. The van der Waals surface area contributed by atoms with Crippen molar-refractivity contribution in [3.05, 3.63) is 57.1 Å². The lowest BCUT2D eigenvalue weighted by atomic mass is 10.0. The van der Waals surface area contributed by atoms with Gasteiger partial charge < -0.3 is 9.47 Å². The highest BCUT2D eigenvalue weighted by atomic mass is 79.9. The largest absolute Gasteiger partial charge is 0.493 e. The number of aryl methyl sites for hydroxylation is 2. The fourth-order valence-electron chi connectivity index (χ4n) is 2.99. The molecule has 0 spiro atoms. The summed E-state index contributed by atoms with van der Waals surface area (Å²) in [5.41, 5.74) is 2.53. The molecule has 1 N–H and O–H groups in total. The number of nitrogens with zero attached hydrogens (tertiary/aromatic N) is 2. The zero-order valence-electron chi connectivity index (χ0n) is 17.0. The fourth-order valence-corrected chi connectivity index (χ4v) is 3.57. The third kappa shape index (κ3) is 4.44. The van der Waals surface area contributed by atoms with E-state index in [4.69, 9.17) is 14.7 Å². The molecule has 1 fully saturated rings. The molecule has 0 saturated carbocycles. The first-order valence-electron chi connectivity index (χ1n) is 9.12. The fraction of sp³-hybridized carbons (Fsp3) is 0.182. The number of urea groups is 1. The summed E-state index contributed by atoms with van der Waals surface area (Å²) in [4.78, 5) is 38.8.